The lowest BCUT2D eigenvalue weighted by molar-refractivity contribution is 0.0189. The van der Waals surface area contributed by atoms with Crippen LogP contribution >= 0.6 is 0 Å². The number of carbonyl (C=O) groups is 1. The maximum Gasteiger partial charge on any atom is 0.271 e. The minimum atomic E-state index is -1.06. The van der Waals surface area contributed by atoms with E-state index in [4.69, 9.17) is 0 Å². The van der Waals surface area contributed by atoms with Gasteiger partial charge in [0.25, 0.3) is 11.5 Å². The molecule has 6 heteroatoms. The quantitative estimate of drug-likeness (QED) is 0.778. The van der Waals surface area contributed by atoms with Crippen LogP contribution in [0.25, 0.3) is 0 Å². The molecule has 3 N–H and O–H groups in total. The number of aromatic amines is 1. The third-order valence-electron chi connectivity index (χ3n) is 4.01. The highest BCUT2D eigenvalue weighted by molar-refractivity contribution is 5.92. The SMILES string of the molecule is O=C(NCC1(O)CCCc2ccccc21)c1ccc(=O)[nH]n1. The standard InChI is InChI=1S/C16H17N3O3/c20-14-8-7-13(18-19-14)15(21)17-10-16(22)9-3-5-11-4-1-2-6-12(11)16/h1-2,4,6-8,22H,3,5,9-10H2,(H,17,21)(H,19,20). The van der Waals surface area contributed by atoms with Crippen molar-refractivity contribution in [3.05, 3.63) is 63.6 Å². The van der Waals surface area contributed by atoms with E-state index in [0.29, 0.717) is 6.42 Å². The van der Waals surface area contributed by atoms with E-state index in [0.717, 1.165) is 24.0 Å². The van der Waals surface area contributed by atoms with Crippen molar-refractivity contribution in [2.75, 3.05) is 6.54 Å². The number of benzene rings is 1. The predicted molar refractivity (Wildman–Crippen MR) is 80.5 cm³/mol. The number of hydrogen-bond acceptors (Lipinski definition) is 4. The number of nitrogens with one attached hydrogen (secondary N) is 2. The average molecular weight is 299 g/mol. The molecule has 1 unspecified atom stereocenters. The molecule has 3 rings (SSSR count). The largest absolute Gasteiger partial charge is 0.383 e. The van der Waals surface area contributed by atoms with Crippen LogP contribution in [-0.2, 0) is 12.0 Å². The summed E-state index contributed by atoms with van der Waals surface area (Å²) >= 11 is 0. The van der Waals surface area contributed by atoms with Gasteiger partial charge in [0, 0.05) is 6.07 Å². The minimum absolute atomic E-state index is 0.115. The molecule has 1 atom stereocenters. The van der Waals surface area contributed by atoms with E-state index in [1.807, 2.05) is 24.3 Å². The first-order chi connectivity index (χ1) is 10.6. The molecule has 0 saturated carbocycles. The molecule has 2 aromatic rings. The molecule has 1 heterocycles. The van der Waals surface area contributed by atoms with E-state index >= 15 is 0 Å². The Morgan fingerprint density at radius 2 is 2.14 bits per heavy atom. The molecule has 22 heavy (non-hydrogen) atoms. The van der Waals surface area contributed by atoms with Gasteiger partial charge in [-0.15, -0.1) is 0 Å². The second-order valence-electron chi connectivity index (χ2n) is 5.53. The van der Waals surface area contributed by atoms with Gasteiger partial charge in [-0.05, 0) is 36.5 Å². The first-order valence-electron chi connectivity index (χ1n) is 7.23. The van der Waals surface area contributed by atoms with Crippen molar-refractivity contribution in [3.63, 3.8) is 0 Å². The van der Waals surface area contributed by atoms with E-state index < -0.39 is 11.5 Å². The number of aryl methyl sites for hydroxylation is 1. The number of hydrogen-bond donors (Lipinski definition) is 3. The van der Waals surface area contributed by atoms with Crippen molar-refractivity contribution < 1.29 is 9.90 Å². The van der Waals surface area contributed by atoms with Crippen LogP contribution in [0.2, 0.25) is 0 Å². The van der Waals surface area contributed by atoms with Crippen molar-refractivity contribution in [1.29, 1.82) is 0 Å². The van der Waals surface area contributed by atoms with E-state index in [1.165, 1.54) is 12.1 Å². The second kappa shape index (κ2) is 5.73. The second-order valence-corrected chi connectivity index (χ2v) is 5.53. The predicted octanol–water partition coefficient (Wildman–Crippen LogP) is 0.724. The number of carbonyl (C=O) groups excluding carboxylic acids is 1. The summed E-state index contributed by atoms with van der Waals surface area (Å²) in [5.41, 5.74) is 0.680. The molecular weight excluding hydrogens is 282 g/mol. The highest BCUT2D eigenvalue weighted by Crippen LogP contribution is 2.34. The fourth-order valence-corrected chi connectivity index (χ4v) is 2.87. The normalized spacial score (nSPS) is 20.2. The van der Waals surface area contributed by atoms with E-state index in [1.54, 1.807) is 0 Å². The van der Waals surface area contributed by atoms with Gasteiger partial charge >= 0.3 is 0 Å². The van der Waals surface area contributed by atoms with Gasteiger partial charge < -0.3 is 10.4 Å². The van der Waals surface area contributed by atoms with Crippen molar-refractivity contribution in [3.8, 4) is 0 Å². The molecular formula is C16H17N3O3. The Bertz CT molecular complexity index is 736. The summed E-state index contributed by atoms with van der Waals surface area (Å²) in [6, 6.07) is 10.3. The zero-order valence-corrected chi connectivity index (χ0v) is 12.0. The monoisotopic (exact) mass is 299 g/mol. The summed E-state index contributed by atoms with van der Waals surface area (Å²) in [5.74, 6) is -0.423. The summed E-state index contributed by atoms with van der Waals surface area (Å²) in [5, 5.41) is 19.5. The first-order valence-corrected chi connectivity index (χ1v) is 7.23. The molecule has 0 bridgehead atoms. The van der Waals surface area contributed by atoms with Crippen molar-refractivity contribution in [2.24, 2.45) is 0 Å². The number of aliphatic hydroxyl groups is 1. The summed E-state index contributed by atoms with van der Waals surface area (Å²) in [7, 11) is 0. The smallest absolute Gasteiger partial charge is 0.271 e. The van der Waals surface area contributed by atoms with Gasteiger partial charge in [-0.3, -0.25) is 9.59 Å². The average Bonchev–Trinajstić information content (AvgIpc) is 2.54. The number of aromatic nitrogens is 2. The molecule has 6 nitrogen and oxygen atoms in total. The molecule has 0 spiro atoms. The highest BCUT2D eigenvalue weighted by Gasteiger charge is 2.34. The fourth-order valence-electron chi connectivity index (χ4n) is 2.87. The van der Waals surface area contributed by atoms with Crippen LogP contribution in [0.4, 0.5) is 0 Å². The molecule has 0 radical (unpaired) electrons. The van der Waals surface area contributed by atoms with Crippen LogP contribution in [0.5, 0.6) is 0 Å². The molecule has 1 aromatic carbocycles. The number of amides is 1. The highest BCUT2D eigenvalue weighted by atomic mass is 16.3. The van der Waals surface area contributed by atoms with E-state index in [-0.39, 0.29) is 17.8 Å². The van der Waals surface area contributed by atoms with E-state index in [2.05, 4.69) is 15.5 Å². The fraction of sp³-hybridized carbons (Fsp3) is 0.312. The molecule has 1 aliphatic carbocycles. The summed E-state index contributed by atoms with van der Waals surface area (Å²) in [6.07, 6.45) is 2.41. The Kier molecular flexibility index (Phi) is 3.77. The van der Waals surface area contributed by atoms with Gasteiger partial charge in [-0.1, -0.05) is 24.3 Å². The van der Waals surface area contributed by atoms with Crippen LogP contribution in [0.15, 0.2) is 41.2 Å². The number of H-pyrrole nitrogens is 1. The van der Waals surface area contributed by atoms with Crippen LogP contribution in [-0.4, -0.2) is 27.8 Å². The Hall–Kier alpha value is -2.47. The molecule has 1 aliphatic rings. The van der Waals surface area contributed by atoms with Gasteiger partial charge in [0.15, 0.2) is 0 Å². The third-order valence-corrected chi connectivity index (χ3v) is 4.01. The maximum absolute atomic E-state index is 12.0. The molecule has 1 aromatic heterocycles. The van der Waals surface area contributed by atoms with Crippen molar-refractivity contribution in [1.82, 2.24) is 15.5 Å². The Balaban J connectivity index is 1.75. The van der Waals surface area contributed by atoms with Gasteiger partial charge in [-0.2, -0.15) is 5.10 Å². The Labute approximate surface area is 127 Å². The molecule has 1 amide bonds. The summed E-state index contributed by atoms with van der Waals surface area (Å²) in [4.78, 5) is 23.0. The van der Waals surface area contributed by atoms with Crippen molar-refractivity contribution >= 4 is 5.91 Å². The minimum Gasteiger partial charge on any atom is -0.383 e. The zero-order chi connectivity index (χ0) is 15.6. The van der Waals surface area contributed by atoms with Gasteiger partial charge in [0.1, 0.15) is 11.3 Å². The first kappa shape index (κ1) is 14.5. The molecule has 0 fully saturated rings. The van der Waals surface area contributed by atoms with Crippen LogP contribution in [0.1, 0.15) is 34.5 Å². The lowest BCUT2D eigenvalue weighted by Gasteiger charge is -2.34. The lowest BCUT2D eigenvalue weighted by atomic mass is 9.79. The molecule has 0 saturated heterocycles. The Morgan fingerprint density at radius 3 is 2.91 bits per heavy atom. The molecule has 0 aliphatic heterocycles. The summed E-state index contributed by atoms with van der Waals surface area (Å²) in [6.45, 7) is 0.115. The summed E-state index contributed by atoms with van der Waals surface area (Å²) < 4.78 is 0. The molecule has 114 valence electrons. The number of fused-ring (bicyclic) bond motifs is 1. The van der Waals surface area contributed by atoms with Gasteiger partial charge in [-0.25, -0.2) is 5.10 Å². The van der Waals surface area contributed by atoms with Gasteiger partial charge in [0.2, 0.25) is 0 Å². The van der Waals surface area contributed by atoms with Crippen LogP contribution < -0.4 is 10.9 Å². The van der Waals surface area contributed by atoms with Crippen LogP contribution in [0, 0.1) is 0 Å². The van der Waals surface area contributed by atoms with E-state index in [9.17, 15) is 14.7 Å². The maximum atomic E-state index is 12.0. The Morgan fingerprint density at radius 1 is 1.32 bits per heavy atom. The third kappa shape index (κ3) is 2.78. The van der Waals surface area contributed by atoms with Gasteiger partial charge in [0.05, 0.1) is 6.54 Å². The number of nitrogens with zero attached hydrogens (tertiary/aromatic N) is 1. The van der Waals surface area contributed by atoms with Crippen LogP contribution in [0.3, 0.4) is 0 Å². The number of rotatable bonds is 3. The zero-order valence-electron chi connectivity index (χ0n) is 12.0. The van der Waals surface area contributed by atoms with Crippen molar-refractivity contribution in [2.45, 2.75) is 24.9 Å². The topological polar surface area (TPSA) is 95.1 Å². The lowest BCUT2D eigenvalue weighted by Crippen LogP contribution is -2.43.